The number of urea groups is 1. The number of carbonyl (C=O) groups excluding carboxylic acids is 2. The molecule has 3 aliphatic rings. The van der Waals surface area contributed by atoms with Gasteiger partial charge in [0, 0.05) is 50.5 Å². The number of carbonyl (C=O) groups is 2. The van der Waals surface area contributed by atoms with Gasteiger partial charge >= 0.3 is 11.7 Å². The van der Waals surface area contributed by atoms with Gasteiger partial charge in [-0.25, -0.2) is 9.59 Å². The van der Waals surface area contributed by atoms with Crippen molar-refractivity contribution in [1.29, 1.82) is 0 Å². The predicted molar refractivity (Wildman–Crippen MR) is 166 cm³/mol. The molecule has 3 amide bonds. The van der Waals surface area contributed by atoms with Crippen molar-refractivity contribution in [2.24, 2.45) is 11.5 Å². The van der Waals surface area contributed by atoms with Gasteiger partial charge in [-0.15, -0.1) is 12.4 Å². The van der Waals surface area contributed by atoms with Crippen molar-refractivity contribution in [2.45, 2.75) is 83.0 Å². The Kier molecular flexibility index (Phi) is 9.97. The number of benzene rings is 1. The number of piperazine rings is 1. The van der Waals surface area contributed by atoms with Gasteiger partial charge < -0.3 is 21.3 Å². The Morgan fingerprint density at radius 2 is 1.76 bits per heavy atom. The molecule has 1 aromatic carbocycles. The number of aryl methyl sites for hydroxylation is 1. The second-order valence-electron chi connectivity index (χ2n) is 12.3. The molecule has 0 radical (unpaired) electrons. The number of hydrogen-bond acceptors (Lipinski definition) is 7. The number of rotatable bonds is 6. The molecule has 0 spiro atoms. The lowest BCUT2D eigenvalue weighted by molar-refractivity contribution is -0.137. The van der Waals surface area contributed by atoms with Crippen LogP contribution in [0.2, 0.25) is 0 Å². The number of fused-ring (bicyclic) bond motifs is 1. The first kappa shape index (κ1) is 31.9. The van der Waals surface area contributed by atoms with E-state index in [1.807, 2.05) is 6.07 Å². The van der Waals surface area contributed by atoms with E-state index in [1.165, 1.54) is 22.1 Å². The molecule has 1 aliphatic heterocycles. The largest absolute Gasteiger partial charge is 0.354 e. The highest BCUT2D eigenvalue weighted by Gasteiger charge is 2.33. The Morgan fingerprint density at radius 3 is 2.38 bits per heavy atom. The summed E-state index contributed by atoms with van der Waals surface area (Å²) in [5.74, 6) is 0.0620. The molecule has 12 heteroatoms. The van der Waals surface area contributed by atoms with Crippen LogP contribution in [-0.4, -0.2) is 92.6 Å². The molecular weight excluding hydrogens is 556 g/mol. The quantitative estimate of drug-likeness (QED) is 0.461. The Hall–Kier alpha value is -2.99. The van der Waals surface area contributed by atoms with Crippen molar-refractivity contribution >= 4 is 30.2 Å². The molecule has 1 unspecified atom stereocenters. The van der Waals surface area contributed by atoms with E-state index in [2.05, 4.69) is 34.3 Å². The molecule has 3 atom stereocenters. The third-order valence-electron chi connectivity index (χ3n) is 8.86. The third-order valence-corrected chi connectivity index (χ3v) is 8.86. The molecule has 230 valence electrons. The summed E-state index contributed by atoms with van der Waals surface area (Å²) in [6, 6.07) is 8.94. The Bertz CT molecular complexity index is 1330. The molecule has 5 rings (SSSR count). The highest BCUT2D eigenvalue weighted by Crippen LogP contribution is 2.31. The summed E-state index contributed by atoms with van der Waals surface area (Å²) in [6.45, 7) is 8.23. The van der Waals surface area contributed by atoms with Crippen molar-refractivity contribution in [3.63, 3.8) is 0 Å². The lowest BCUT2D eigenvalue weighted by Gasteiger charge is -2.38. The number of aromatic nitrogens is 2. The minimum Gasteiger partial charge on any atom is -0.338 e. The fraction of sp³-hybridized carbons (Fsp3) is 0.600. The molecule has 1 saturated carbocycles. The number of nitrogens with zero attached hydrogens (tertiary/aromatic N) is 5. The van der Waals surface area contributed by atoms with Crippen molar-refractivity contribution in [3.8, 4) is 5.69 Å². The van der Waals surface area contributed by atoms with Crippen LogP contribution >= 0.6 is 12.4 Å². The molecule has 11 nitrogen and oxygen atoms in total. The first-order chi connectivity index (χ1) is 19.5. The average Bonchev–Trinajstić information content (AvgIpc) is 3.38. The molecule has 2 fully saturated rings. The van der Waals surface area contributed by atoms with Crippen LogP contribution in [0, 0.1) is 0 Å². The van der Waals surface area contributed by atoms with E-state index in [0.29, 0.717) is 44.3 Å². The fourth-order valence-corrected chi connectivity index (χ4v) is 6.64. The number of hydrogen-bond donors (Lipinski definition) is 3. The summed E-state index contributed by atoms with van der Waals surface area (Å²) in [6.07, 6.45) is 8.13. The van der Waals surface area contributed by atoms with Crippen molar-refractivity contribution in [1.82, 2.24) is 24.3 Å². The van der Waals surface area contributed by atoms with Gasteiger partial charge in [-0.2, -0.15) is 4.98 Å². The van der Waals surface area contributed by atoms with Crippen LogP contribution < -0.4 is 22.5 Å². The summed E-state index contributed by atoms with van der Waals surface area (Å²) < 4.78 is 1.51. The maximum Gasteiger partial charge on any atom is 0.354 e. The van der Waals surface area contributed by atoms with E-state index in [1.54, 1.807) is 35.9 Å². The van der Waals surface area contributed by atoms with E-state index in [-0.39, 0.29) is 30.2 Å². The minimum atomic E-state index is -0.945. The molecule has 0 bridgehead atoms. The van der Waals surface area contributed by atoms with Gasteiger partial charge in [0.1, 0.15) is 5.82 Å². The van der Waals surface area contributed by atoms with Crippen molar-refractivity contribution < 1.29 is 9.59 Å². The van der Waals surface area contributed by atoms with E-state index in [0.717, 1.165) is 44.3 Å². The van der Waals surface area contributed by atoms with E-state index < -0.39 is 11.2 Å². The normalized spacial score (nSPS) is 22.5. The third kappa shape index (κ3) is 6.96. The molecular formula is C30H45ClN8O3. The second kappa shape index (κ2) is 13.1. The van der Waals surface area contributed by atoms with E-state index >= 15 is 0 Å². The van der Waals surface area contributed by atoms with Gasteiger partial charge in [0.25, 0.3) is 0 Å². The first-order valence-corrected chi connectivity index (χ1v) is 14.9. The monoisotopic (exact) mass is 600 g/mol. The van der Waals surface area contributed by atoms with Gasteiger partial charge in [0.05, 0.1) is 11.2 Å². The lowest BCUT2D eigenvalue weighted by Crippen LogP contribution is -2.58. The van der Waals surface area contributed by atoms with Crippen LogP contribution in [-0.2, 0) is 17.6 Å². The van der Waals surface area contributed by atoms with Crippen molar-refractivity contribution in [3.05, 3.63) is 52.1 Å². The highest BCUT2D eigenvalue weighted by atomic mass is 35.5. The summed E-state index contributed by atoms with van der Waals surface area (Å²) >= 11 is 0. The summed E-state index contributed by atoms with van der Waals surface area (Å²) in [7, 11) is 0. The van der Waals surface area contributed by atoms with E-state index in [9.17, 15) is 14.4 Å². The number of likely N-dealkylation sites (N-methyl/N-ethyl adjacent to an activating group) is 1. The molecule has 1 saturated heterocycles. The SMILES string of the molecule is CCN(C1CCc2cc(-n3ccc(NC(=O)N4CCN(C(=O)C(C)(C)N)CC4)nc3=O)ccc2C1)[C@H]1CC[C@H](N)C1.Cl. The van der Waals surface area contributed by atoms with Gasteiger partial charge in [0.15, 0.2) is 0 Å². The zero-order valence-corrected chi connectivity index (χ0v) is 25.7. The molecule has 42 heavy (non-hydrogen) atoms. The second-order valence-corrected chi connectivity index (χ2v) is 12.3. The first-order valence-electron chi connectivity index (χ1n) is 14.9. The lowest BCUT2D eigenvalue weighted by atomic mass is 9.86. The standard InChI is InChI=1S/C30H44N8O3.ClH/c1-4-37(25-10-7-22(31)19-25)23-8-5-21-18-24(9-6-20(21)17-23)38-12-11-26(34-29(38)41)33-28(40)36-15-13-35(14-16-36)27(39)30(2,3)32;/h6,9,11-12,18,22-23,25H,4-5,7-8,10,13-17,19,31-32H2,1-3H3,(H,33,34,40,41);1H/t22-,23?,25-;/m0./s1. The minimum absolute atomic E-state index is 0. The van der Waals surface area contributed by atoms with Crippen LogP contribution in [0.3, 0.4) is 0 Å². The smallest absolute Gasteiger partial charge is 0.338 e. The predicted octanol–water partition coefficient (Wildman–Crippen LogP) is 2.13. The number of nitrogens with two attached hydrogens (primary N) is 2. The zero-order chi connectivity index (χ0) is 29.3. The number of anilines is 1. The van der Waals surface area contributed by atoms with Gasteiger partial charge in [-0.1, -0.05) is 13.0 Å². The van der Waals surface area contributed by atoms with E-state index in [4.69, 9.17) is 11.5 Å². The molecule has 2 aliphatic carbocycles. The Morgan fingerprint density at radius 1 is 1.05 bits per heavy atom. The van der Waals surface area contributed by atoms with Crippen LogP contribution in [0.4, 0.5) is 10.6 Å². The van der Waals surface area contributed by atoms with Gasteiger partial charge in [-0.3, -0.25) is 19.6 Å². The molecule has 2 aromatic rings. The maximum atomic E-state index is 12.9. The zero-order valence-electron chi connectivity index (χ0n) is 24.9. The molecule has 5 N–H and O–H groups in total. The van der Waals surface area contributed by atoms with Crippen LogP contribution in [0.5, 0.6) is 0 Å². The van der Waals surface area contributed by atoms with Crippen LogP contribution in [0.25, 0.3) is 5.69 Å². The van der Waals surface area contributed by atoms with Gasteiger partial charge in [-0.05, 0) is 88.2 Å². The Labute approximate surface area is 254 Å². The topological polar surface area (TPSA) is 143 Å². The Balaban J connectivity index is 0.00000405. The molecule has 1 aromatic heterocycles. The number of amides is 3. The number of halogens is 1. The summed E-state index contributed by atoms with van der Waals surface area (Å²) in [4.78, 5) is 48.2. The summed E-state index contributed by atoms with van der Waals surface area (Å²) in [5.41, 5.74) is 14.1. The van der Waals surface area contributed by atoms with Crippen molar-refractivity contribution in [2.75, 3.05) is 38.0 Å². The molecule has 2 heterocycles. The maximum absolute atomic E-state index is 12.9. The fourth-order valence-electron chi connectivity index (χ4n) is 6.64. The summed E-state index contributed by atoms with van der Waals surface area (Å²) in [5, 5.41) is 2.72. The van der Waals surface area contributed by atoms with Crippen LogP contribution in [0.1, 0.15) is 57.6 Å². The average molecular weight is 601 g/mol. The van der Waals surface area contributed by atoms with Crippen LogP contribution in [0.15, 0.2) is 35.3 Å². The van der Waals surface area contributed by atoms with Gasteiger partial charge in [0.2, 0.25) is 5.91 Å². The highest BCUT2D eigenvalue weighted by molar-refractivity contribution is 5.89. The number of nitrogens with one attached hydrogen (secondary N) is 1.